The molecule has 0 bridgehead atoms. The molecule has 1 aromatic rings. The molecule has 0 saturated carbocycles. The number of nitrogens with two attached hydrogens (primary N) is 3. The lowest BCUT2D eigenvalue weighted by molar-refractivity contribution is -0.145. The van der Waals surface area contributed by atoms with E-state index in [9.17, 15) is 73.5 Å². The number of hydrogen-bond donors (Lipinski definition) is 15. The van der Waals surface area contributed by atoms with E-state index in [2.05, 4.69) is 31.9 Å². The van der Waals surface area contributed by atoms with Crippen molar-refractivity contribution in [3.63, 3.8) is 0 Å². The number of amides is 9. The number of nitrogens with one attached hydrogen (secondary N) is 7. The normalized spacial score (nSPS) is 15.3. The van der Waals surface area contributed by atoms with Crippen LogP contribution in [0.2, 0.25) is 0 Å². The zero-order valence-corrected chi connectivity index (χ0v) is 34.4. The molecule has 0 spiro atoms. The van der Waals surface area contributed by atoms with Crippen molar-refractivity contribution >= 4 is 59.1 Å². The quantitative estimate of drug-likeness (QED) is 0.0372. The van der Waals surface area contributed by atoms with E-state index >= 15 is 0 Å². The molecule has 346 valence electrons. The smallest absolute Gasteiger partial charge is 0.328 e. The fourth-order valence-electron chi connectivity index (χ4n) is 5.40. The molecule has 18 N–H and O–H groups in total. The van der Waals surface area contributed by atoms with Crippen molar-refractivity contribution in [3.05, 3.63) is 29.8 Å². The molecule has 0 aliphatic rings. The summed E-state index contributed by atoms with van der Waals surface area (Å²) in [5.74, 6) is -11.0. The van der Waals surface area contributed by atoms with Gasteiger partial charge < -0.3 is 80.0 Å². The van der Waals surface area contributed by atoms with Crippen LogP contribution in [0, 0.1) is 5.92 Å². The molecule has 1 aromatic carbocycles. The van der Waals surface area contributed by atoms with Gasteiger partial charge in [0.25, 0.3) is 0 Å². The molecule has 0 heterocycles. The van der Waals surface area contributed by atoms with Crippen LogP contribution >= 0.6 is 0 Å². The number of primary amides is 2. The zero-order chi connectivity index (χ0) is 47.3. The largest absolute Gasteiger partial charge is 0.508 e. The molecular weight excluding hydrogens is 824 g/mol. The first-order valence-electron chi connectivity index (χ1n) is 19.4. The molecule has 62 heavy (non-hydrogen) atoms. The first kappa shape index (κ1) is 53.6. The zero-order valence-electron chi connectivity index (χ0n) is 34.4. The Morgan fingerprint density at radius 1 is 0.629 bits per heavy atom. The molecule has 9 amide bonds. The number of phenolic OH excluding ortho intramolecular Hbond substituents is 1. The second-order valence-electron chi connectivity index (χ2n) is 14.3. The van der Waals surface area contributed by atoms with Gasteiger partial charge in [0.2, 0.25) is 53.2 Å². The number of carbonyl (C=O) groups excluding carboxylic acids is 9. The Labute approximate surface area is 355 Å². The van der Waals surface area contributed by atoms with Crippen LogP contribution in [-0.4, -0.2) is 153 Å². The predicted molar refractivity (Wildman–Crippen MR) is 214 cm³/mol. The Bertz CT molecular complexity index is 1750. The van der Waals surface area contributed by atoms with Gasteiger partial charge in [-0.2, -0.15) is 0 Å². The summed E-state index contributed by atoms with van der Waals surface area (Å²) >= 11 is 0. The number of aliphatic carboxylic acids is 1. The summed E-state index contributed by atoms with van der Waals surface area (Å²) in [7, 11) is 0. The molecule has 0 aromatic heterocycles. The van der Waals surface area contributed by atoms with E-state index < -0.39 is 133 Å². The van der Waals surface area contributed by atoms with Gasteiger partial charge >= 0.3 is 5.97 Å². The van der Waals surface area contributed by atoms with E-state index in [1.165, 1.54) is 31.2 Å². The summed E-state index contributed by atoms with van der Waals surface area (Å²) in [5, 5.41) is 64.2. The van der Waals surface area contributed by atoms with Gasteiger partial charge in [0.15, 0.2) is 6.04 Å². The van der Waals surface area contributed by atoms with Crippen LogP contribution in [0.25, 0.3) is 0 Å². The first-order chi connectivity index (χ1) is 29.0. The highest BCUT2D eigenvalue weighted by Gasteiger charge is 2.35. The summed E-state index contributed by atoms with van der Waals surface area (Å²) in [6, 6.07) is -5.40. The predicted octanol–water partition coefficient (Wildman–Crippen LogP) is -6.69. The lowest BCUT2D eigenvalue weighted by Crippen LogP contribution is -2.61. The van der Waals surface area contributed by atoms with Gasteiger partial charge in [-0.25, -0.2) is 4.79 Å². The molecule has 0 radical (unpaired) electrons. The first-order valence-corrected chi connectivity index (χ1v) is 19.4. The van der Waals surface area contributed by atoms with Gasteiger partial charge in [-0.1, -0.05) is 32.4 Å². The molecule has 9 atom stereocenters. The number of carboxylic acids is 1. The number of phenols is 1. The minimum absolute atomic E-state index is 0.114. The van der Waals surface area contributed by atoms with Crippen LogP contribution in [0.5, 0.6) is 5.75 Å². The topological polar surface area (TPSA) is 434 Å². The molecule has 1 rings (SSSR count). The van der Waals surface area contributed by atoms with Crippen molar-refractivity contribution in [2.45, 2.75) is 108 Å². The van der Waals surface area contributed by atoms with Gasteiger partial charge in [0.1, 0.15) is 36.0 Å². The number of hydrogen-bond acceptors (Lipinski definition) is 15. The van der Waals surface area contributed by atoms with Gasteiger partial charge in [-0.05, 0) is 43.4 Å². The maximum absolute atomic E-state index is 13.5. The van der Waals surface area contributed by atoms with Crippen molar-refractivity contribution in [2.24, 2.45) is 23.1 Å². The number of benzene rings is 1. The Balaban J connectivity index is 3.15. The van der Waals surface area contributed by atoms with Crippen LogP contribution in [0.3, 0.4) is 0 Å². The van der Waals surface area contributed by atoms with Crippen LogP contribution < -0.4 is 54.4 Å². The van der Waals surface area contributed by atoms with Crippen LogP contribution in [0.4, 0.5) is 0 Å². The monoisotopic (exact) mass is 882 g/mol. The van der Waals surface area contributed by atoms with Gasteiger partial charge in [0.05, 0.1) is 31.9 Å². The molecule has 0 aliphatic heterocycles. The molecule has 25 nitrogen and oxygen atoms in total. The van der Waals surface area contributed by atoms with E-state index in [1.807, 2.05) is 5.32 Å². The van der Waals surface area contributed by atoms with Crippen molar-refractivity contribution in [1.82, 2.24) is 37.2 Å². The molecular formula is C37H58N10O15. The maximum Gasteiger partial charge on any atom is 0.328 e. The molecule has 25 heteroatoms. The fraction of sp³-hybridized carbons (Fsp3) is 0.568. The Kier molecular flexibility index (Phi) is 23.1. The standard InChI is InChI=1S/C37H58N10O15/c1-4-17(2)29(36(60)45-25(16-49)35(59)47-30(18(3)50)37(61)62)46-34(58)24(15-48)42-28(54)14-41-32(56)23(13-19-5-7-20(51)8-6-19)44-33(57)22(10-12-27(40)53)43-31(55)21(38)9-11-26(39)52/h5-8,17-18,21-25,29-30,48-51H,4,9-16,38H2,1-3H3,(H2,39,52)(H2,40,53)(H,41,56)(H,42,54)(H,43,55)(H,44,57)(H,45,60)(H,46,58)(H,47,59)(H,61,62)/t17-,18+,21-,22-,23-,24-,25-,29-,30-/m0/s1. The number of aromatic hydroxyl groups is 1. The summed E-state index contributed by atoms with van der Waals surface area (Å²) in [4.78, 5) is 126. The van der Waals surface area contributed by atoms with Crippen molar-refractivity contribution in [1.29, 1.82) is 0 Å². The van der Waals surface area contributed by atoms with E-state index in [4.69, 9.17) is 17.2 Å². The average molecular weight is 883 g/mol. The fourth-order valence-corrected chi connectivity index (χ4v) is 5.40. The lowest BCUT2D eigenvalue weighted by Gasteiger charge is -2.28. The van der Waals surface area contributed by atoms with Gasteiger partial charge in [-0.3, -0.25) is 43.2 Å². The highest BCUT2D eigenvalue weighted by atomic mass is 16.4. The highest BCUT2D eigenvalue weighted by molar-refractivity contribution is 5.97. The summed E-state index contributed by atoms with van der Waals surface area (Å²) < 4.78 is 0. The molecule has 0 saturated heterocycles. The molecule has 0 unspecified atom stereocenters. The van der Waals surface area contributed by atoms with E-state index in [1.54, 1.807) is 6.92 Å². The minimum Gasteiger partial charge on any atom is -0.508 e. The van der Waals surface area contributed by atoms with Crippen molar-refractivity contribution < 1.29 is 73.5 Å². The summed E-state index contributed by atoms with van der Waals surface area (Å²) in [6.45, 7) is 1.43. The highest BCUT2D eigenvalue weighted by Crippen LogP contribution is 2.13. The summed E-state index contributed by atoms with van der Waals surface area (Å²) in [6.07, 6.45) is -2.64. The van der Waals surface area contributed by atoms with E-state index in [-0.39, 0.29) is 44.3 Å². The Morgan fingerprint density at radius 3 is 1.61 bits per heavy atom. The average Bonchev–Trinajstić information content (AvgIpc) is 3.21. The number of carbonyl (C=O) groups is 10. The third kappa shape index (κ3) is 18.9. The molecule has 0 aliphatic carbocycles. The van der Waals surface area contributed by atoms with Crippen LogP contribution in [0.15, 0.2) is 24.3 Å². The van der Waals surface area contributed by atoms with Gasteiger partial charge in [-0.15, -0.1) is 0 Å². The third-order valence-corrected chi connectivity index (χ3v) is 9.27. The Hall–Kier alpha value is -6.44. The van der Waals surface area contributed by atoms with Gasteiger partial charge in [0, 0.05) is 19.3 Å². The number of rotatable bonds is 28. The maximum atomic E-state index is 13.5. The number of aliphatic hydroxyl groups excluding tert-OH is 3. The second kappa shape index (κ2) is 26.7. The summed E-state index contributed by atoms with van der Waals surface area (Å²) in [5.41, 5.74) is 16.6. The molecule has 0 fully saturated rings. The number of aliphatic hydroxyl groups is 3. The second-order valence-corrected chi connectivity index (χ2v) is 14.3. The number of carboxylic acid groups (broad SMARTS) is 1. The Morgan fingerprint density at radius 2 is 1.11 bits per heavy atom. The third-order valence-electron chi connectivity index (χ3n) is 9.27. The minimum atomic E-state index is -1.78. The van der Waals surface area contributed by atoms with E-state index in [0.717, 1.165) is 6.92 Å². The van der Waals surface area contributed by atoms with Crippen molar-refractivity contribution in [2.75, 3.05) is 19.8 Å². The van der Waals surface area contributed by atoms with Crippen LogP contribution in [-0.2, 0) is 54.4 Å². The SMILES string of the molecule is CC[C@H](C)[C@H](NC(=O)[C@H](CO)NC(=O)CNC(=O)[C@H](Cc1ccc(O)cc1)NC(=O)[C@H](CCC(N)=O)NC(=O)[C@@H](N)CCC(N)=O)C(=O)N[C@@H](CO)C(=O)N[C@H](C(=O)O)[C@@H](C)O. The van der Waals surface area contributed by atoms with Crippen LogP contribution in [0.1, 0.15) is 58.4 Å². The van der Waals surface area contributed by atoms with Crippen molar-refractivity contribution in [3.8, 4) is 5.75 Å². The lowest BCUT2D eigenvalue weighted by atomic mass is 9.97. The van der Waals surface area contributed by atoms with E-state index in [0.29, 0.717) is 5.56 Å².